The zero-order valence-corrected chi connectivity index (χ0v) is 19.9. The molecule has 0 aromatic carbocycles. The van der Waals surface area contributed by atoms with Gasteiger partial charge in [-0.15, -0.1) is 0 Å². The second kappa shape index (κ2) is 20.7. The summed E-state index contributed by atoms with van der Waals surface area (Å²) in [6, 6.07) is -0.216. The molecule has 4 heteroatoms. The van der Waals surface area contributed by atoms with E-state index < -0.39 is 0 Å². The van der Waals surface area contributed by atoms with Crippen molar-refractivity contribution >= 4 is 5.91 Å². The number of carbonyl (C=O) groups excluding carboxylic acids is 1. The monoisotopic (exact) mass is 412 g/mol. The lowest BCUT2D eigenvalue weighted by molar-refractivity contribution is -0.122. The molecule has 0 saturated carbocycles. The first-order valence-electron chi connectivity index (χ1n) is 12.7. The van der Waals surface area contributed by atoms with Crippen LogP contribution in [0.3, 0.4) is 0 Å². The summed E-state index contributed by atoms with van der Waals surface area (Å²) < 4.78 is 0. The number of nitrogens with one attached hydrogen (secondary N) is 1. The number of unbranched alkanes of at least 4 members (excludes halogenated alkanes) is 14. The van der Waals surface area contributed by atoms with Crippen molar-refractivity contribution in [1.82, 2.24) is 5.32 Å². The van der Waals surface area contributed by atoms with Gasteiger partial charge >= 0.3 is 0 Å². The van der Waals surface area contributed by atoms with E-state index in [-0.39, 0.29) is 30.5 Å². The van der Waals surface area contributed by atoms with Crippen LogP contribution < -0.4 is 11.1 Å². The molecule has 4 nitrogen and oxygen atoms in total. The number of nitrogens with two attached hydrogens (primary N) is 1. The summed E-state index contributed by atoms with van der Waals surface area (Å²) in [5.74, 6) is 0.221. The lowest BCUT2D eigenvalue weighted by atomic mass is 9.92. The molecule has 4 N–H and O–H groups in total. The molecule has 174 valence electrons. The van der Waals surface area contributed by atoms with Crippen LogP contribution in [0.15, 0.2) is 0 Å². The van der Waals surface area contributed by atoms with E-state index in [1.54, 1.807) is 0 Å². The van der Waals surface area contributed by atoms with E-state index in [2.05, 4.69) is 19.2 Å². The molecule has 0 heterocycles. The third-order valence-electron chi connectivity index (χ3n) is 6.31. The van der Waals surface area contributed by atoms with Crippen LogP contribution in [0.1, 0.15) is 130 Å². The maximum absolute atomic E-state index is 12.1. The van der Waals surface area contributed by atoms with Crippen LogP contribution in [0.5, 0.6) is 0 Å². The average molecular weight is 413 g/mol. The van der Waals surface area contributed by atoms with Gasteiger partial charge in [0.25, 0.3) is 0 Å². The minimum atomic E-state index is -0.272. The smallest absolute Gasteiger partial charge is 0.220 e. The molecule has 3 unspecified atom stereocenters. The van der Waals surface area contributed by atoms with E-state index in [4.69, 9.17) is 5.73 Å². The van der Waals surface area contributed by atoms with E-state index >= 15 is 0 Å². The summed E-state index contributed by atoms with van der Waals surface area (Å²) in [5, 5.41) is 12.3. The molecule has 0 saturated heterocycles. The molecule has 0 aliphatic rings. The molecule has 0 spiro atoms. The third-order valence-corrected chi connectivity index (χ3v) is 6.31. The van der Waals surface area contributed by atoms with Gasteiger partial charge in [-0.1, -0.05) is 111 Å². The maximum Gasteiger partial charge on any atom is 0.220 e. The summed E-state index contributed by atoms with van der Waals surface area (Å²) >= 11 is 0. The zero-order valence-electron chi connectivity index (χ0n) is 19.9. The highest BCUT2D eigenvalue weighted by molar-refractivity contribution is 5.76. The molecular formula is C25H52N2O2. The van der Waals surface area contributed by atoms with Crippen molar-refractivity contribution in [3.63, 3.8) is 0 Å². The molecule has 0 radical (unpaired) electrons. The van der Waals surface area contributed by atoms with E-state index in [0.717, 1.165) is 19.3 Å². The van der Waals surface area contributed by atoms with Gasteiger partial charge in [0.2, 0.25) is 5.91 Å². The Morgan fingerprint density at radius 2 is 1.21 bits per heavy atom. The van der Waals surface area contributed by atoms with Crippen molar-refractivity contribution in [2.75, 3.05) is 6.61 Å². The van der Waals surface area contributed by atoms with Gasteiger partial charge in [-0.2, -0.15) is 0 Å². The topological polar surface area (TPSA) is 75.4 Å². The van der Waals surface area contributed by atoms with E-state index in [1.165, 1.54) is 83.5 Å². The molecule has 0 aliphatic carbocycles. The van der Waals surface area contributed by atoms with E-state index in [0.29, 0.717) is 6.42 Å². The Kier molecular flexibility index (Phi) is 20.2. The van der Waals surface area contributed by atoms with Gasteiger partial charge in [0.05, 0.1) is 6.61 Å². The van der Waals surface area contributed by atoms with Crippen molar-refractivity contribution in [2.45, 2.75) is 142 Å². The molecule has 0 fully saturated rings. The Bertz CT molecular complexity index is 363. The molecule has 0 rings (SSSR count). The second-order valence-corrected chi connectivity index (χ2v) is 8.99. The lowest BCUT2D eigenvalue weighted by Crippen LogP contribution is -2.47. The first kappa shape index (κ1) is 28.4. The van der Waals surface area contributed by atoms with Crippen LogP contribution >= 0.6 is 0 Å². The Morgan fingerprint density at radius 3 is 1.59 bits per heavy atom. The highest BCUT2D eigenvalue weighted by Gasteiger charge is 2.22. The number of aliphatic hydroxyl groups excluding tert-OH is 1. The standard InChI is InChI=1S/C25H52N2O2/c1-4-6-7-8-9-10-11-12-13-14-15-16-17-18-19-20-25(29)27-24(5-2)22(3)23(26)21-28/h22-24,28H,4-21,26H2,1-3H3,(H,27,29). The van der Waals surface area contributed by atoms with Gasteiger partial charge in [-0.05, 0) is 18.8 Å². The van der Waals surface area contributed by atoms with Gasteiger partial charge < -0.3 is 16.2 Å². The number of hydrogen-bond acceptors (Lipinski definition) is 3. The zero-order chi connectivity index (χ0) is 21.7. The maximum atomic E-state index is 12.1. The van der Waals surface area contributed by atoms with Gasteiger partial charge in [0.1, 0.15) is 0 Å². The molecule has 3 atom stereocenters. The minimum absolute atomic E-state index is 0.0351. The number of carbonyl (C=O) groups is 1. The molecule has 0 aliphatic heterocycles. The highest BCUT2D eigenvalue weighted by Crippen LogP contribution is 2.14. The number of amides is 1. The molecule has 0 aromatic rings. The van der Waals surface area contributed by atoms with Crippen LogP contribution in [-0.4, -0.2) is 29.7 Å². The van der Waals surface area contributed by atoms with Crippen LogP contribution in [0, 0.1) is 5.92 Å². The lowest BCUT2D eigenvalue weighted by Gasteiger charge is -2.27. The van der Waals surface area contributed by atoms with Crippen LogP contribution in [0.4, 0.5) is 0 Å². The minimum Gasteiger partial charge on any atom is -0.395 e. The van der Waals surface area contributed by atoms with Crippen LogP contribution in [0.2, 0.25) is 0 Å². The summed E-state index contributed by atoms with van der Waals surface area (Å²) in [6.07, 6.45) is 21.5. The summed E-state index contributed by atoms with van der Waals surface area (Å²) in [7, 11) is 0. The Morgan fingerprint density at radius 1 is 0.793 bits per heavy atom. The van der Waals surface area contributed by atoms with E-state index in [1.807, 2.05) is 6.92 Å². The second-order valence-electron chi connectivity index (χ2n) is 8.99. The third kappa shape index (κ3) is 16.8. The first-order valence-corrected chi connectivity index (χ1v) is 12.7. The number of aliphatic hydroxyl groups is 1. The fourth-order valence-electron chi connectivity index (χ4n) is 4.01. The SMILES string of the molecule is CCCCCCCCCCCCCCCCCC(=O)NC(CC)C(C)C(N)CO. The average Bonchev–Trinajstić information content (AvgIpc) is 2.73. The predicted molar refractivity (Wildman–Crippen MR) is 126 cm³/mol. The highest BCUT2D eigenvalue weighted by atomic mass is 16.3. The Balaban J connectivity index is 3.46. The fourth-order valence-corrected chi connectivity index (χ4v) is 4.01. The van der Waals surface area contributed by atoms with Gasteiger partial charge in [-0.3, -0.25) is 4.79 Å². The summed E-state index contributed by atoms with van der Waals surface area (Å²) in [4.78, 5) is 12.1. The van der Waals surface area contributed by atoms with Crippen LogP contribution in [0.25, 0.3) is 0 Å². The van der Waals surface area contributed by atoms with Crippen molar-refractivity contribution in [2.24, 2.45) is 11.7 Å². The van der Waals surface area contributed by atoms with Crippen molar-refractivity contribution in [3.8, 4) is 0 Å². The van der Waals surface area contributed by atoms with Gasteiger partial charge in [0, 0.05) is 18.5 Å². The number of hydrogen-bond donors (Lipinski definition) is 3. The normalized spacial score (nSPS) is 14.5. The molecular weight excluding hydrogens is 360 g/mol. The molecule has 1 amide bonds. The molecule has 0 aromatic heterocycles. The molecule has 0 bridgehead atoms. The summed E-state index contributed by atoms with van der Waals surface area (Å²) in [5.41, 5.74) is 5.90. The quantitative estimate of drug-likeness (QED) is 0.199. The van der Waals surface area contributed by atoms with Crippen molar-refractivity contribution in [3.05, 3.63) is 0 Å². The van der Waals surface area contributed by atoms with Gasteiger partial charge in [-0.25, -0.2) is 0 Å². The number of rotatable bonds is 21. The van der Waals surface area contributed by atoms with Crippen molar-refractivity contribution in [1.29, 1.82) is 0 Å². The van der Waals surface area contributed by atoms with E-state index in [9.17, 15) is 9.90 Å². The van der Waals surface area contributed by atoms with Gasteiger partial charge in [0.15, 0.2) is 0 Å². The van der Waals surface area contributed by atoms with Crippen molar-refractivity contribution < 1.29 is 9.90 Å². The Labute approximate surface area is 181 Å². The first-order chi connectivity index (χ1) is 14.1. The fraction of sp³-hybridized carbons (Fsp3) is 0.960. The van der Waals surface area contributed by atoms with Crippen LogP contribution in [-0.2, 0) is 4.79 Å². The predicted octanol–water partition coefficient (Wildman–Crippen LogP) is 6.10. The summed E-state index contributed by atoms with van der Waals surface area (Å²) in [6.45, 7) is 6.30. The molecule has 29 heavy (non-hydrogen) atoms. The largest absolute Gasteiger partial charge is 0.395 e. The Hall–Kier alpha value is -0.610.